The number of carbonyl (C=O) groups is 1. The van der Waals surface area contributed by atoms with E-state index < -0.39 is 0 Å². The number of likely N-dealkylation sites (N-methyl/N-ethyl adjacent to an activating group) is 1. The molecule has 2 nitrogen and oxygen atoms in total. The van der Waals surface area contributed by atoms with Gasteiger partial charge in [-0.2, -0.15) is 0 Å². The van der Waals surface area contributed by atoms with Gasteiger partial charge in [-0.1, -0.05) is 6.07 Å². The summed E-state index contributed by atoms with van der Waals surface area (Å²) in [7, 11) is 2.10. The Morgan fingerprint density at radius 1 is 1.26 bits per heavy atom. The maximum atomic E-state index is 11.3. The van der Waals surface area contributed by atoms with E-state index in [0.717, 1.165) is 17.7 Å². The fourth-order valence-electron chi connectivity index (χ4n) is 2.04. The number of hydrogen-bond donors (Lipinski definition) is 0. The average Bonchev–Trinajstić information content (AvgIpc) is 2.90. The van der Waals surface area contributed by atoms with Crippen LogP contribution in [0.4, 0.5) is 5.69 Å². The van der Waals surface area contributed by atoms with Gasteiger partial charge in [0.1, 0.15) is 0 Å². The second kappa shape index (κ2) is 6.02. The fraction of sp³-hybridized carbons (Fsp3) is 0.312. The SMILES string of the molecule is CC(=O)c1ccc(N(C)C(C)Cc2cccs2)cc1. The van der Waals surface area contributed by atoms with Crippen LogP contribution in [0.3, 0.4) is 0 Å². The van der Waals surface area contributed by atoms with E-state index in [9.17, 15) is 4.79 Å². The molecule has 0 fully saturated rings. The Morgan fingerprint density at radius 3 is 2.47 bits per heavy atom. The van der Waals surface area contributed by atoms with Crippen LogP contribution in [-0.2, 0) is 6.42 Å². The van der Waals surface area contributed by atoms with E-state index in [1.807, 2.05) is 24.3 Å². The summed E-state index contributed by atoms with van der Waals surface area (Å²) in [6.45, 7) is 3.82. The third kappa shape index (κ3) is 3.44. The van der Waals surface area contributed by atoms with Crippen molar-refractivity contribution in [2.75, 3.05) is 11.9 Å². The van der Waals surface area contributed by atoms with Crippen molar-refractivity contribution in [3.05, 3.63) is 52.2 Å². The molecule has 0 radical (unpaired) electrons. The van der Waals surface area contributed by atoms with Crippen LogP contribution in [0.25, 0.3) is 0 Å². The molecule has 0 saturated heterocycles. The quantitative estimate of drug-likeness (QED) is 0.767. The molecule has 1 atom stereocenters. The number of thiophene rings is 1. The fourth-order valence-corrected chi connectivity index (χ4v) is 2.87. The minimum Gasteiger partial charge on any atom is -0.372 e. The zero-order valence-electron chi connectivity index (χ0n) is 11.6. The van der Waals surface area contributed by atoms with Crippen molar-refractivity contribution in [3.63, 3.8) is 0 Å². The number of nitrogens with zero attached hydrogens (tertiary/aromatic N) is 1. The van der Waals surface area contributed by atoms with E-state index >= 15 is 0 Å². The Labute approximate surface area is 118 Å². The summed E-state index contributed by atoms with van der Waals surface area (Å²) < 4.78 is 0. The van der Waals surface area contributed by atoms with Crippen LogP contribution in [0.2, 0.25) is 0 Å². The molecule has 0 spiro atoms. The van der Waals surface area contributed by atoms with Crippen molar-refractivity contribution in [1.29, 1.82) is 0 Å². The average molecular weight is 273 g/mol. The van der Waals surface area contributed by atoms with Crippen molar-refractivity contribution in [2.45, 2.75) is 26.3 Å². The Hall–Kier alpha value is -1.61. The standard InChI is InChI=1S/C16H19NOS/c1-12(11-16-5-4-10-19-16)17(3)15-8-6-14(7-9-15)13(2)18/h4-10,12H,11H2,1-3H3. The van der Waals surface area contributed by atoms with Crippen LogP contribution >= 0.6 is 11.3 Å². The normalized spacial score (nSPS) is 12.2. The van der Waals surface area contributed by atoms with E-state index in [0.29, 0.717) is 6.04 Å². The minimum absolute atomic E-state index is 0.112. The molecule has 0 saturated carbocycles. The Bertz CT molecular complexity index is 530. The lowest BCUT2D eigenvalue weighted by Gasteiger charge is -2.27. The van der Waals surface area contributed by atoms with Gasteiger partial charge in [0.15, 0.2) is 5.78 Å². The lowest BCUT2D eigenvalue weighted by atomic mass is 10.1. The molecule has 0 aliphatic heterocycles. The van der Waals surface area contributed by atoms with E-state index in [2.05, 4.69) is 36.4 Å². The maximum Gasteiger partial charge on any atom is 0.159 e. The molecule has 0 amide bonds. The van der Waals surface area contributed by atoms with Gasteiger partial charge in [0.2, 0.25) is 0 Å². The monoisotopic (exact) mass is 273 g/mol. The first-order valence-corrected chi connectivity index (χ1v) is 7.32. The number of Topliss-reactive ketones (excluding diaryl/α,β-unsaturated/α-hetero) is 1. The van der Waals surface area contributed by atoms with Gasteiger partial charge in [-0.3, -0.25) is 4.79 Å². The highest BCUT2D eigenvalue weighted by atomic mass is 32.1. The molecule has 0 bridgehead atoms. The van der Waals surface area contributed by atoms with Gasteiger partial charge >= 0.3 is 0 Å². The Kier molecular flexibility index (Phi) is 4.38. The zero-order chi connectivity index (χ0) is 13.8. The lowest BCUT2D eigenvalue weighted by molar-refractivity contribution is 0.101. The molecule has 2 aromatic rings. The molecule has 1 aromatic heterocycles. The molecule has 3 heteroatoms. The third-order valence-electron chi connectivity index (χ3n) is 3.42. The largest absolute Gasteiger partial charge is 0.372 e. The number of rotatable bonds is 5. The third-order valence-corrected chi connectivity index (χ3v) is 4.32. The predicted octanol–water partition coefficient (Wildman–Crippen LogP) is 4.02. The van der Waals surface area contributed by atoms with Crippen molar-refractivity contribution < 1.29 is 4.79 Å². The van der Waals surface area contributed by atoms with Gasteiger partial charge < -0.3 is 4.90 Å². The van der Waals surface area contributed by atoms with Gasteiger partial charge in [0.05, 0.1) is 0 Å². The predicted molar refractivity (Wildman–Crippen MR) is 82.3 cm³/mol. The first-order valence-electron chi connectivity index (χ1n) is 6.44. The highest BCUT2D eigenvalue weighted by Crippen LogP contribution is 2.20. The number of benzene rings is 1. The summed E-state index contributed by atoms with van der Waals surface area (Å²) in [4.78, 5) is 14.9. The molecule has 0 N–H and O–H groups in total. The molecule has 1 unspecified atom stereocenters. The van der Waals surface area contributed by atoms with Crippen LogP contribution in [0, 0.1) is 0 Å². The first kappa shape index (κ1) is 13.8. The highest BCUT2D eigenvalue weighted by molar-refractivity contribution is 7.09. The summed E-state index contributed by atoms with van der Waals surface area (Å²) in [6.07, 6.45) is 1.04. The van der Waals surface area contributed by atoms with Gasteiger partial charge in [-0.25, -0.2) is 0 Å². The zero-order valence-corrected chi connectivity index (χ0v) is 12.4. The number of ketones is 1. The number of hydrogen-bond acceptors (Lipinski definition) is 3. The molecule has 0 aliphatic rings. The maximum absolute atomic E-state index is 11.3. The van der Waals surface area contributed by atoms with Crippen molar-refractivity contribution >= 4 is 22.8 Å². The Balaban J connectivity index is 2.06. The van der Waals surface area contributed by atoms with Gasteiger partial charge in [-0.15, -0.1) is 11.3 Å². The molecular formula is C16H19NOS. The first-order chi connectivity index (χ1) is 9.08. The second-order valence-corrected chi connectivity index (χ2v) is 5.88. The summed E-state index contributed by atoms with van der Waals surface area (Å²) in [5, 5.41) is 2.11. The summed E-state index contributed by atoms with van der Waals surface area (Å²) in [5.74, 6) is 0.112. The molecule has 1 aromatic carbocycles. The van der Waals surface area contributed by atoms with Crippen LogP contribution in [-0.4, -0.2) is 18.9 Å². The highest BCUT2D eigenvalue weighted by Gasteiger charge is 2.11. The molecule has 1 heterocycles. The van der Waals surface area contributed by atoms with Crippen molar-refractivity contribution in [3.8, 4) is 0 Å². The van der Waals surface area contributed by atoms with Crippen LogP contribution < -0.4 is 4.90 Å². The summed E-state index contributed by atoms with van der Waals surface area (Å²) in [5.41, 5.74) is 1.91. The summed E-state index contributed by atoms with van der Waals surface area (Å²) >= 11 is 1.80. The Morgan fingerprint density at radius 2 is 1.95 bits per heavy atom. The van der Waals surface area contributed by atoms with Crippen molar-refractivity contribution in [2.24, 2.45) is 0 Å². The van der Waals surface area contributed by atoms with E-state index in [1.54, 1.807) is 18.3 Å². The van der Waals surface area contributed by atoms with E-state index in [-0.39, 0.29) is 5.78 Å². The minimum atomic E-state index is 0.112. The topological polar surface area (TPSA) is 20.3 Å². The van der Waals surface area contributed by atoms with Gasteiger partial charge in [0, 0.05) is 35.6 Å². The number of anilines is 1. The van der Waals surface area contributed by atoms with Crippen LogP contribution in [0.15, 0.2) is 41.8 Å². The molecule has 100 valence electrons. The molecular weight excluding hydrogens is 254 g/mol. The van der Waals surface area contributed by atoms with Gasteiger partial charge in [0.25, 0.3) is 0 Å². The van der Waals surface area contributed by atoms with Crippen LogP contribution in [0.1, 0.15) is 29.1 Å². The van der Waals surface area contributed by atoms with E-state index in [1.165, 1.54) is 4.88 Å². The van der Waals surface area contributed by atoms with Crippen LogP contribution in [0.5, 0.6) is 0 Å². The van der Waals surface area contributed by atoms with Crippen molar-refractivity contribution in [1.82, 2.24) is 0 Å². The summed E-state index contributed by atoms with van der Waals surface area (Å²) in [6, 6.07) is 12.5. The lowest BCUT2D eigenvalue weighted by Crippen LogP contribution is -2.30. The molecule has 19 heavy (non-hydrogen) atoms. The second-order valence-electron chi connectivity index (χ2n) is 4.85. The smallest absolute Gasteiger partial charge is 0.159 e. The van der Waals surface area contributed by atoms with Gasteiger partial charge in [-0.05, 0) is 49.6 Å². The molecule has 2 rings (SSSR count). The molecule has 0 aliphatic carbocycles. The number of carbonyl (C=O) groups excluding carboxylic acids is 1. The van der Waals surface area contributed by atoms with E-state index in [4.69, 9.17) is 0 Å².